The van der Waals surface area contributed by atoms with Gasteiger partial charge in [-0.1, -0.05) is 11.6 Å². The van der Waals surface area contributed by atoms with Crippen LogP contribution in [0.5, 0.6) is 0 Å². The lowest BCUT2D eigenvalue weighted by Crippen LogP contribution is -2.23. The van der Waals surface area contributed by atoms with Gasteiger partial charge in [-0.25, -0.2) is 0 Å². The zero-order chi connectivity index (χ0) is 15.2. The quantitative estimate of drug-likeness (QED) is 0.873. The highest BCUT2D eigenvalue weighted by molar-refractivity contribution is 6.30. The number of rotatable bonds is 3. The van der Waals surface area contributed by atoms with Crippen molar-refractivity contribution in [2.75, 3.05) is 0 Å². The fourth-order valence-electron chi connectivity index (χ4n) is 1.84. The molecule has 0 unspecified atom stereocenters. The Balaban J connectivity index is 1.93. The number of pyridine rings is 1. The van der Waals surface area contributed by atoms with Gasteiger partial charge in [0.1, 0.15) is 11.6 Å². The number of aromatic nitrogens is 3. The molecule has 5 nitrogen and oxygen atoms in total. The Labute approximate surface area is 121 Å². The fourth-order valence-corrected chi connectivity index (χ4v) is 2.07. The molecule has 0 N–H and O–H groups in total. The van der Waals surface area contributed by atoms with Crippen molar-refractivity contribution in [2.45, 2.75) is 31.5 Å². The Morgan fingerprint density at radius 3 is 2.71 bits per heavy atom. The Hall–Kier alpha value is -1.83. The first-order valence-electron chi connectivity index (χ1n) is 6.14. The van der Waals surface area contributed by atoms with Crippen LogP contribution in [0.2, 0.25) is 5.02 Å². The summed E-state index contributed by atoms with van der Waals surface area (Å²) in [7, 11) is 0. The molecule has 0 aromatic carbocycles. The van der Waals surface area contributed by atoms with Crippen LogP contribution in [-0.2, 0) is 12.7 Å². The highest BCUT2D eigenvalue weighted by Crippen LogP contribution is 2.39. The molecular weight excluding hydrogens is 311 g/mol. The Morgan fingerprint density at radius 1 is 1.38 bits per heavy atom. The van der Waals surface area contributed by atoms with Gasteiger partial charge in [0.15, 0.2) is 0 Å². The molecule has 2 aromatic rings. The van der Waals surface area contributed by atoms with Crippen molar-refractivity contribution >= 4 is 11.6 Å². The Bertz CT molecular complexity index is 734. The van der Waals surface area contributed by atoms with E-state index in [4.69, 9.17) is 16.0 Å². The Morgan fingerprint density at radius 2 is 2.10 bits per heavy atom. The van der Waals surface area contributed by atoms with Crippen molar-refractivity contribution in [3.8, 4) is 0 Å². The average Bonchev–Trinajstić information content (AvgIpc) is 3.14. The van der Waals surface area contributed by atoms with Crippen LogP contribution in [0.1, 0.15) is 36.1 Å². The third-order valence-corrected chi connectivity index (χ3v) is 3.36. The molecule has 1 fully saturated rings. The van der Waals surface area contributed by atoms with Gasteiger partial charge in [-0.3, -0.25) is 4.79 Å². The monoisotopic (exact) mass is 319 g/mol. The molecule has 0 atom stereocenters. The van der Waals surface area contributed by atoms with E-state index in [0.29, 0.717) is 18.2 Å². The van der Waals surface area contributed by atoms with Gasteiger partial charge in [0.2, 0.25) is 11.8 Å². The first kappa shape index (κ1) is 14.1. The number of hydrogen-bond acceptors (Lipinski definition) is 4. The molecule has 0 amide bonds. The highest BCUT2D eigenvalue weighted by Gasteiger charge is 2.32. The second-order valence-electron chi connectivity index (χ2n) is 4.82. The van der Waals surface area contributed by atoms with E-state index in [9.17, 15) is 18.0 Å². The third kappa shape index (κ3) is 2.94. The molecule has 0 spiro atoms. The van der Waals surface area contributed by atoms with Gasteiger partial charge in [-0.2, -0.15) is 13.2 Å². The van der Waals surface area contributed by atoms with Crippen molar-refractivity contribution < 1.29 is 17.6 Å². The van der Waals surface area contributed by atoms with E-state index in [0.717, 1.165) is 17.4 Å². The molecule has 21 heavy (non-hydrogen) atoms. The maximum atomic E-state index is 12.7. The summed E-state index contributed by atoms with van der Waals surface area (Å²) in [4.78, 5) is 11.8. The van der Waals surface area contributed by atoms with Crippen LogP contribution in [0, 0.1) is 0 Å². The number of halogens is 4. The minimum absolute atomic E-state index is 0.0781. The normalized spacial score (nSPS) is 15.4. The van der Waals surface area contributed by atoms with E-state index in [-0.39, 0.29) is 18.4 Å². The largest absolute Gasteiger partial charge is 0.423 e. The molecule has 1 aliphatic carbocycles. The lowest BCUT2D eigenvalue weighted by atomic mass is 10.2. The molecule has 2 aromatic heterocycles. The molecular formula is C12H9ClF3N3O2. The number of alkyl halides is 3. The van der Waals surface area contributed by atoms with Gasteiger partial charge in [0.05, 0.1) is 5.56 Å². The van der Waals surface area contributed by atoms with Crippen molar-refractivity contribution in [3.63, 3.8) is 0 Å². The van der Waals surface area contributed by atoms with Crippen LogP contribution >= 0.6 is 11.6 Å². The summed E-state index contributed by atoms with van der Waals surface area (Å²) in [6.45, 7) is -0.248. The first-order valence-corrected chi connectivity index (χ1v) is 6.52. The number of hydrogen-bond donors (Lipinski definition) is 0. The molecule has 2 heterocycles. The van der Waals surface area contributed by atoms with Crippen LogP contribution in [0.15, 0.2) is 21.5 Å². The van der Waals surface area contributed by atoms with Gasteiger partial charge < -0.3 is 8.98 Å². The van der Waals surface area contributed by atoms with E-state index in [1.807, 2.05) is 0 Å². The van der Waals surface area contributed by atoms with Crippen molar-refractivity contribution in [3.05, 3.63) is 45.0 Å². The van der Waals surface area contributed by atoms with Crippen molar-refractivity contribution in [1.29, 1.82) is 0 Å². The summed E-state index contributed by atoms with van der Waals surface area (Å²) in [5.41, 5.74) is -1.75. The van der Waals surface area contributed by atoms with Gasteiger partial charge >= 0.3 is 6.18 Å². The second-order valence-corrected chi connectivity index (χ2v) is 5.22. The van der Waals surface area contributed by atoms with Gasteiger partial charge in [-0.15, -0.1) is 10.2 Å². The predicted octanol–water partition coefficient (Wildman–Crippen LogP) is 2.83. The van der Waals surface area contributed by atoms with Gasteiger partial charge in [0, 0.05) is 12.1 Å². The van der Waals surface area contributed by atoms with E-state index >= 15 is 0 Å². The lowest BCUT2D eigenvalue weighted by Gasteiger charge is -2.10. The summed E-state index contributed by atoms with van der Waals surface area (Å²) >= 11 is 5.56. The summed E-state index contributed by atoms with van der Waals surface area (Å²) in [5, 5.41) is 7.04. The van der Waals surface area contributed by atoms with Gasteiger partial charge in [-0.05, 0) is 18.9 Å². The molecule has 3 rings (SSSR count). The molecule has 0 saturated heterocycles. The minimum atomic E-state index is -4.59. The van der Waals surface area contributed by atoms with Crippen LogP contribution in [-0.4, -0.2) is 14.8 Å². The summed E-state index contributed by atoms with van der Waals surface area (Å²) in [5.74, 6) is 0.763. The Kier molecular flexibility index (Phi) is 3.27. The average molecular weight is 320 g/mol. The lowest BCUT2D eigenvalue weighted by molar-refractivity contribution is -0.138. The topological polar surface area (TPSA) is 60.9 Å². The van der Waals surface area contributed by atoms with Crippen LogP contribution in [0.3, 0.4) is 0 Å². The second kappa shape index (κ2) is 4.87. The van der Waals surface area contributed by atoms with Gasteiger partial charge in [0.25, 0.3) is 5.56 Å². The zero-order valence-electron chi connectivity index (χ0n) is 10.5. The number of nitrogens with zero attached hydrogens (tertiary/aromatic N) is 3. The minimum Gasteiger partial charge on any atom is -0.423 e. The maximum Gasteiger partial charge on any atom is 0.417 e. The molecule has 1 aliphatic rings. The van der Waals surface area contributed by atoms with Crippen LogP contribution in [0.4, 0.5) is 13.2 Å². The molecule has 112 valence electrons. The van der Waals surface area contributed by atoms with Crippen molar-refractivity contribution in [1.82, 2.24) is 14.8 Å². The molecule has 1 saturated carbocycles. The zero-order valence-corrected chi connectivity index (χ0v) is 11.3. The van der Waals surface area contributed by atoms with E-state index in [2.05, 4.69) is 10.2 Å². The standard InChI is InChI=1S/C12H9ClF3N3O2/c13-8-3-7(12(14,15)16)4-19(11(8)20)5-9-17-18-10(21-9)6-1-2-6/h3-4,6H,1-2,5H2. The van der Waals surface area contributed by atoms with Crippen molar-refractivity contribution in [2.24, 2.45) is 0 Å². The molecule has 0 aliphatic heterocycles. The smallest absolute Gasteiger partial charge is 0.417 e. The molecule has 0 radical (unpaired) electrons. The fraction of sp³-hybridized carbons (Fsp3) is 0.417. The van der Waals surface area contributed by atoms with E-state index in [1.165, 1.54) is 0 Å². The van der Waals surface area contributed by atoms with E-state index in [1.54, 1.807) is 0 Å². The van der Waals surface area contributed by atoms with Crippen LogP contribution < -0.4 is 5.56 Å². The van der Waals surface area contributed by atoms with Crippen LogP contribution in [0.25, 0.3) is 0 Å². The first-order chi connectivity index (χ1) is 9.84. The molecule has 9 heteroatoms. The third-order valence-electron chi connectivity index (χ3n) is 3.08. The SMILES string of the molecule is O=c1c(Cl)cc(C(F)(F)F)cn1Cc1nnc(C2CC2)o1. The summed E-state index contributed by atoms with van der Waals surface area (Å²) in [6, 6.07) is 0.601. The maximum absolute atomic E-state index is 12.7. The summed E-state index contributed by atoms with van der Waals surface area (Å²) < 4.78 is 44.3. The van der Waals surface area contributed by atoms with E-state index < -0.39 is 22.3 Å². The molecule has 0 bridgehead atoms. The predicted molar refractivity (Wildman–Crippen MR) is 66.1 cm³/mol. The summed E-state index contributed by atoms with van der Waals surface area (Å²) in [6.07, 6.45) is -1.99. The highest BCUT2D eigenvalue weighted by atomic mass is 35.5.